The summed E-state index contributed by atoms with van der Waals surface area (Å²) in [5, 5.41) is 4.97. The Morgan fingerprint density at radius 2 is 1.96 bits per heavy atom. The highest BCUT2D eigenvalue weighted by atomic mass is 32.1. The van der Waals surface area contributed by atoms with E-state index in [4.69, 9.17) is 0 Å². The van der Waals surface area contributed by atoms with Crippen LogP contribution in [0.5, 0.6) is 0 Å². The number of carbonyl (C=O) groups is 1. The van der Waals surface area contributed by atoms with Crippen LogP contribution in [0, 0.1) is 0 Å². The number of nitrogens with zero attached hydrogens (tertiary/aromatic N) is 3. The van der Waals surface area contributed by atoms with E-state index in [-0.39, 0.29) is 5.91 Å². The Bertz CT molecular complexity index is 984. The van der Waals surface area contributed by atoms with E-state index in [0.717, 1.165) is 34.6 Å². The molecular weight excluding hydrogens is 332 g/mol. The normalized spacial score (nSPS) is 11.0. The van der Waals surface area contributed by atoms with Crippen molar-refractivity contribution in [1.82, 2.24) is 19.4 Å². The van der Waals surface area contributed by atoms with Gasteiger partial charge in [-0.05, 0) is 42.1 Å². The molecule has 0 saturated heterocycles. The highest BCUT2D eigenvalue weighted by molar-refractivity contribution is 7.12. The highest BCUT2D eigenvalue weighted by Gasteiger charge is 2.13. The Hall–Kier alpha value is -2.86. The molecule has 0 saturated carbocycles. The number of fused-ring (bicyclic) bond motifs is 1. The van der Waals surface area contributed by atoms with Crippen LogP contribution in [-0.4, -0.2) is 26.6 Å². The van der Waals surface area contributed by atoms with Crippen molar-refractivity contribution in [3.05, 3.63) is 71.4 Å². The van der Waals surface area contributed by atoms with E-state index in [9.17, 15) is 4.79 Å². The summed E-state index contributed by atoms with van der Waals surface area (Å²) in [6.07, 6.45) is 6.61. The second-order valence-corrected chi connectivity index (χ2v) is 6.68. The topological polar surface area (TPSA) is 51.9 Å². The summed E-state index contributed by atoms with van der Waals surface area (Å²) in [5.74, 6) is -0.0193. The fourth-order valence-corrected chi connectivity index (χ4v) is 3.70. The van der Waals surface area contributed by atoms with E-state index in [1.165, 1.54) is 11.3 Å². The smallest absolute Gasteiger partial charge is 0.263 e. The standard InChI is InChI=1S/C19H18N4OS/c24-19(18-17(8-13-25-18)22-10-3-4-11-22)20-9-5-12-23-14-21-15-6-1-2-7-16(15)23/h1-4,6-8,10-11,13-14H,5,9,12H2,(H,20,24). The number of thiophene rings is 1. The van der Waals surface area contributed by atoms with Gasteiger partial charge in [-0.1, -0.05) is 12.1 Å². The molecule has 0 fully saturated rings. The van der Waals surface area contributed by atoms with Crippen LogP contribution in [-0.2, 0) is 6.54 Å². The molecule has 3 heterocycles. The molecule has 0 atom stereocenters. The molecule has 25 heavy (non-hydrogen) atoms. The number of benzene rings is 1. The third kappa shape index (κ3) is 3.21. The molecule has 6 heteroatoms. The van der Waals surface area contributed by atoms with Crippen molar-refractivity contribution in [2.24, 2.45) is 0 Å². The van der Waals surface area contributed by atoms with Crippen LogP contribution >= 0.6 is 11.3 Å². The van der Waals surface area contributed by atoms with Crippen LogP contribution < -0.4 is 5.32 Å². The summed E-state index contributed by atoms with van der Waals surface area (Å²) in [6.45, 7) is 1.46. The lowest BCUT2D eigenvalue weighted by Gasteiger charge is -2.08. The number of aryl methyl sites for hydroxylation is 1. The van der Waals surface area contributed by atoms with Gasteiger partial charge in [0.1, 0.15) is 4.88 Å². The van der Waals surface area contributed by atoms with E-state index in [1.54, 1.807) is 0 Å². The number of hydrogen-bond donors (Lipinski definition) is 1. The summed E-state index contributed by atoms with van der Waals surface area (Å²) in [4.78, 5) is 17.6. The van der Waals surface area contributed by atoms with Crippen LogP contribution in [0.3, 0.4) is 0 Å². The molecule has 0 aliphatic rings. The van der Waals surface area contributed by atoms with Gasteiger partial charge in [-0.15, -0.1) is 11.3 Å². The molecule has 0 unspecified atom stereocenters. The molecule has 0 bridgehead atoms. The first kappa shape index (κ1) is 15.7. The molecule has 1 aromatic carbocycles. The average molecular weight is 350 g/mol. The van der Waals surface area contributed by atoms with Gasteiger partial charge in [-0.3, -0.25) is 4.79 Å². The van der Waals surface area contributed by atoms with Crippen molar-refractivity contribution in [3.63, 3.8) is 0 Å². The first-order valence-corrected chi connectivity index (χ1v) is 9.10. The van der Waals surface area contributed by atoms with Crippen LogP contribution in [0.15, 0.2) is 66.6 Å². The maximum atomic E-state index is 12.5. The third-order valence-corrected chi connectivity index (χ3v) is 5.02. The van der Waals surface area contributed by atoms with Crippen LogP contribution in [0.2, 0.25) is 0 Å². The first-order valence-electron chi connectivity index (χ1n) is 8.22. The van der Waals surface area contributed by atoms with E-state index < -0.39 is 0 Å². The molecule has 1 amide bonds. The lowest BCUT2D eigenvalue weighted by Crippen LogP contribution is -2.25. The Labute approximate surface area is 149 Å². The minimum absolute atomic E-state index is 0.0193. The van der Waals surface area contributed by atoms with Gasteiger partial charge in [0.05, 0.1) is 23.0 Å². The maximum absolute atomic E-state index is 12.5. The molecule has 3 aromatic heterocycles. The van der Waals surface area contributed by atoms with Crippen LogP contribution in [0.25, 0.3) is 16.7 Å². The van der Waals surface area contributed by atoms with Crippen molar-refractivity contribution in [2.75, 3.05) is 6.54 Å². The number of rotatable bonds is 6. The van der Waals surface area contributed by atoms with Crippen LogP contribution in [0.4, 0.5) is 0 Å². The second-order valence-electron chi connectivity index (χ2n) is 5.76. The predicted octanol–water partition coefficient (Wildman–Crippen LogP) is 3.71. The summed E-state index contributed by atoms with van der Waals surface area (Å²) >= 11 is 1.47. The number of amides is 1. The lowest BCUT2D eigenvalue weighted by atomic mass is 10.3. The molecule has 126 valence electrons. The zero-order valence-electron chi connectivity index (χ0n) is 13.6. The Morgan fingerprint density at radius 1 is 1.12 bits per heavy atom. The van der Waals surface area contributed by atoms with E-state index >= 15 is 0 Å². The zero-order valence-corrected chi connectivity index (χ0v) is 14.4. The fourth-order valence-electron chi connectivity index (χ4n) is 2.89. The van der Waals surface area contributed by atoms with Gasteiger partial charge in [0.2, 0.25) is 0 Å². The van der Waals surface area contributed by atoms with Crippen molar-refractivity contribution >= 4 is 28.3 Å². The average Bonchev–Trinajstić information content (AvgIpc) is 3.38. The van der Waals surface area contributed by atoms with Gasteiger partial charge in [0.25, 0.3) is 5.91 Å². The molecule has 4 aromatic rings. The van der Waals surface area contributed by atoms with Gasteiger partial charge >= 0.3 is 0 Å². The second kappa shape index (κ2) is 6.94. The number of imidazole rings is 1. The number of nitrogens with one attached hydrogen (secondary N) is 1. The summed E-state index contributed by atoms with van der Waals surface area (Å²) < 4.78 is 4.08. The van der Waals surface area contributed by atoms with Gasteiger partial charge in [-0.25, -0.2) is 4.98 Å². The molecule has 5 nitrogen and oxygen atoms in total. The number of carbonyl (C=O) groups excluding carboxylic acids is 1. The fraction of sp³-hybridized carbons (Fsp3) is 0.158. The minimum atomic E-state index is -0.0193. The largest absolute Gasteiger partial charge is 0.351 e. The lowest BCUT2D eigenvalue weighted by molar-refractivity contribution is 0.0957. The molecule has 4 rings (SSSR count). The number of hydrogen-bond acceptors (Lipinski definition) is 3. The first-order chi connectivity index (χ1) is 12.3. The zero-order chi connectivity index (χ0) is 17.1. The molecule has 1 N–H and O–H groups in total. The third-order valence-electron chi connectivity index (χ3n) is 4.12. The molecular formula is C19H18N4OS. The monoisotopic (exact) mass is 350 g/mol. The molecule has 0 radical (unpaired) electrons. The van der Waals surface area contributed by atoms with E-state index in [0.29, 0.717) is 6.54 Å². The summed E-state index contributed by atoms with van der Waals surface area (Å²) in [5.41, 5.74) is 3.05. The number of aromatic nitrogens is 3. The summed E-state index contributed by atoms with van der Waals surface area (Å²) in [7, 11) is 0. The quantitative estimate of drug-likeness (QED) is 0.539. The number of para-hydroxylation sites is 2. The minimum Gasteiger partial charge on any atom is -0.351 e. The van der Waals surface area contributed by atoms with Gasteiger partial charge in [0, 0.05) is 25.5 Å². The summed E-state index contributed by atoms with van der Waals surface area (Å²) in [6, 6.07) is 14.0. The van der Waals surface area contributed by atoms with Gasteiger partial charge in [0.15, 0.2) is 0 Å². The van der Waals surface area contributed by atoms with E-state index in [2.05, 4.69) is 20.9 Å². The van der Waals surface area contributed by atoms with Crippen molar-refractivity contribution in [1.29, 1.82) is 0 Å². The Kier molecular flexibility index (Phi) is 4.35. The van der Waals surface area contributed by atoms with Crippen molar-refractivity contribution in [2.45, 2.75) is 13.0 Å². The molecule has 0 spiro atoms. The Morgan fingerprint density at radius 3 is 2.84 bits per heavy atom. The van der Waals surface area contributed by atoms with E-state index in [1.807, 2.05) is 65.1 Å². The van der Waals surface area contributed by atoms with Crippen molar-refractivity contribution in [3.8, 4) is 5.69 Å². The molecule has 0 aliphatic carbocycles. The van der Waals surface area contributed by atoms with Gasteiger partial charge in [-0.2, -0.15) is 0 Å². The SMILES string of the molecule is O=C(NCCCn1cnc2ccccc21)c1sccc1-n1cccc1. The van der Waals surface area contributed by atoms with Crippen molar-refractivity contribution < 1.29 is 4.79 Å². The Balaban J connectivity index is 1.35. The van der Waals surface area contributed by atoms with Crippen LogP contribution in [0.1, 0.15) is 16.1 Å². The van der Waals surface area contributed by atoms with Gasteiger partial charge < -0.3 is 14.5 Å². The maximum Gasteiger partial charge on any atom is 0.263 e. The highest BCUT2D eigenvalue weighted by Crippen LogP contribution is 2.21. The predicted molar refractivity (Wildman–Crippen MR) is 100 cm³/mol. The molecule has 0 aliphatic heterocycles.